The summed E-state index contributed by atoms with van der Waals surface area (Å²) < 4.78 is 0. The first-order valence-corrected chi connectivity index (χ1v) is 8.12. The smallest absolute Gasteiger partial charge is 0.262 e. The maximum Gasteiger partial charge on any atom is 0.262 e. The zero-order chi connectivity index (χ0) is 14.5. The van der Waals surface area contributed by atoms with E-state index in [0.717, 1.165) is 17.9 Å². The predicted molar refractivity (Wildman–Crippen MR) is 83.7 cm³/mol. The van der Waals surface area contributed by atoms with E-state index in [1.165, 1.54) is 24.2 Å². The Morgan fingerprint density at radius 2 is 2.35 bits per heavy atom. The highest BCUT2D eigenvalue weighted by Gasteiger charge is 2.32. The van der Waals surface area contributed by atoms with Crippen LogP contribution >= 0.6 is 11.3 Å². The molecule has 0 aromatic carbocycles. The summed E-state index contributed by atoms with van der Waals surface area (Å²) in [4.78, 5) is 13.1. The van der Waals surface area contributed by atoms with Crippen molar-refractivity contribution < 1.29 is 4.79 Å². The normalized spacial score (nSPS) is 25.1. The molecule has 3 nitrogen and oxygen atoms in total. The van der Waals surface area contributed by atoms with Crippen LogP contribution < -0.4 is 11.1 Å². The van der Waals surface area contributed by atoms with Crippen LogP contribution in [0.1, 0.15) is 48.3 Å². The van der Waals surface area contributed by atoms with Gasteiger partial charge in [0.15, 0.2) is 0 Å². The lowest BCUT2D eigenvalue weighted by atomic mass is 9.93. The number of amides is 1. The van der Waals surface area contributed by atoms with Gasteiger partial charge < -0.3 is 11.1 Å². The molecular weight excluding hydrogens is 268 g/mol. The van der Waals surface area contributed by atoms with Gasteiger partial charge in [-0.2, -0.15) is 0 Å². The molecule has 1 heterocycles. The second-order valence-electron chi connectivity index (χ2n) is 5.35. The van der Waals surface area contributed by atoms with E-state index in [1.54, 1.807) is 0 Å². The van der Waals surface area contributed by atoms with E-state index < -0.39 is 0 Å². The molecule has 3 atom stereocenters. The Hall–Kier alpha value is -1.31. The number of nitrogens with two attached hydrogens (primary N) is 1. The third kappa shape index (κ3) is 3.23. The molecule has 1 aliphatic rings. The molecule has 1 fully saturated rings. The summed E-state index contributed by atoms with van der Waals surface area (Å²) in [5.41, 5.74) is 6.17. The van der Waals surface area contributed by atoms with Gasteiger partial charge in [0.1, 0.15) is 4.88 Å². The number of hydrogen-bond donors (Lipinski definition) is 2. The van der Waals surface area contributed by atoms with Gasteiger partial charge in [0.25, 0.3) is 5.91 Å². The van der Waals surface area contributed by atoms with Crippen LogP contribution in [0.2, 0.25) is 0 Å². The minimum atomic E-state index is 0.00919. The fourth-order valence-electron chi connectivity index (χ4n) is 2.99. The number of nitrogens with one attached hydrogen (secondary N) is 1. The van der Waals surface area contributed by atoms with E-state index >= 15 is 0 Å². The first-order chi connectivity index (χ1) is 9.67. The van der Waals surface area contributed by atoms with Crippen molar-refractivity contribution in [3.63, 3.8) is 0 Å². The molecule has 108 valence electrons. The summed E-state index contributed by atoms with van der Waals surface area (Å²) in [6, 6.07) is 2.18. The van der Waals surface area contributed by atoms with Crippen molar-refractivity contribution in [1.82, 2.24) is 5.32 Å². The number of thiophene rings is 1. The Balaban J connectivity index is 2.04. The number of carbonyl (C=O) groups excluding carboxylic acids is 1. The van der Waals surface area contributed by atoms with Gasteiger partial charge in [0, 0.05) is 11.6 Å². The van der Waals surface area contributed by atoms with Gasteiger partial charge in [-0.25, -0.2) is 0 Å². The third-order valence-corrected chi connectivity index (χ3v) is 5.18. The fraction of sp³-hybridized carbons (Fsp3) is 0.562. The van der Waals surface area contributed by atoms with Crippen LogP contribution in [0.3, 0.4) is 0 Å². The van der Waals surface area contributed by atoms with Gasteiger partial charge in [-0.05, 0) is 36.1 Å². The van der Waals surface area contributed by atoms with Crippen molar-refractivity contribution in [3.8, 4) is 11.8 Å². The molecule has 1 aliphatic carbocycles. The third-order valence-electron chi connectivity index (χ3n) is 4.26. The topological polar surface area (TPSA) is 55.1 Å². The van der Waals surface area contributed by atoms with Crippen LogP contribution in [-0.2, 0) is 0 Å². The van der Waals surface area contributed by atoms with Crippen molar-refractivity contribution in [1.29, 1.82) is 0 Å². The molecule has 1 amide bonds. The van der Waals surface area contributed by atoms with Gasteiger partial charge in [-0.3, -0.25) is 4.79 Å². The number of carbonyl (C=O) groups is 1. The number of rotatable bonds is 3. The Morgan fingerprint density at radius 1 is 1.55 bits per heavy atom. The molecule has 3 unspecified atom stereocenters. The molecule has 20 heavy (non-hydrogen) atoms. The minimum absolute atomic E-state index is 0.00919. The van der Waals surface area contributed by atoms with E-state index in [-0.39, 0.29) is 5.91 Å². The largest absolute Gasteiger partial charge is 0.348 e. The van der Waals surface area contributed by atoms with Crippen LogP contribution in [0.15, 0.2) is 11.4 Å². The highest BCUT2D eigenvalue weighted by atomic mass is 32.1. The SMILES string of the molecule is CCC1CCC(NC(=O)c2sccc2C#CCN)C1C. The summed E-state index contributed by atoms with van der Waals surface area (Å²) in [5.74, 6) is 7.08. The maximum atomic E-state index is 12.4. The Kier molecular flexibility index (Phi) is 5.22. The molecule has 1 aromatic heterocycles. The van der Waals surface area contributed by atoms with Gasteiger partial charge in [-0.1, -0.05) is 32.1 Å². The second kappa shape index (κ2) is 6.92. The van der Waals surface area contributed by atoms with E-state index in [9.17, 15) is 4.79 Å². The predicted octanol–water partition coefficient (Wildman–Crippen LogP) is 2.61. The lowest BCUT2D eigenvalue weighted by Crippen LogP contribution is -2.37. The average molecular weight is 290 g/mol. The summed E-state index contributed by atoms with van der Waals surface area (Å²) in [7, 11) is 0. The molecule has 0 aliphatic heterocycles. The maximum absolute atomic E-state index is 12.4. The summed E-state index contributed by atoms with van der Waals surface area (Å²) in [5, 5.41) is 5.09. The standard InChI is InChI=1S/C16H22N2OS/c1-3-12-6-7-14(11(12)2)18-16(19)15-13(5-4-9-17)8-10-20-15/h8,10-12,14H,3,6-7,9,17H2,1-2H3,(H,18,19). The van der Waals surface area contributed by atoms with Crippen molar-refractivity contribution in [2.45, 2.75) is 39.2 Å². The quantitative estimate of drug-likeness (QED) is 0.841. The van der Waals surface area contributed by atoms with Gasteiger partial charge >= 0.3 is 0 Å². The molecule has 2 rings (SSSR count). The van der Waals surface area contributed by atoms with Crippen LogP contribution in [-0.4, -0.2) is 18.5 Å². The summed E-state index contributed by atoms with van der Waals surface area (Å²) >= 11 is 1.44. The Bertz CT molecular complexity index is 526. The Morgan fingerprint density at radius 3 is 3.00 bits per heavy atom. The summed E-state index contributed by atoms with van der Waals surface area (Å²) in [6.45, 7) is 4.79. The molecule has 0 spiro atoms. The highest BCUT2D eigenvalue weighted by molar-refractivity contribution is 7.12. The van der Waals surface area contributed by atoms with E-state index in [0.29, 0.717) is 23.4 Å². The van der Waals surface area contributed by atoms with Gasteiger partial charge in [0.2, 0.25) is 0 Å². The first-order valence-electron chi connectivity index (χ1n) is 7.24. The highest BCUT2D eigenvalue weighted by Crippen LogP contribution is 2.34. The Labute approximate surface area is 124 Å². The zero-order valence-corrected chi connectivity index (χ0v) is 12.9. The molecule has 1 aromatic rings. The molecule has 3 N–H and O–H groups in total. The first kappa shape index (κ1) is 15.1. The lowest BCUT2D eigenvalue weighted by Gasteiger charge is -2.20. The second-order valence-corrected chi connectivity index (χ2v) is 6.27. The van der Waals surface area contributed by atoms with E-state index in [4.69, 9.17) is 5.73 Å². The number of hydrogen-bond acceptors (Lipinski definition) is 3. The van der Waals surface area contributed by atoms with Crippen LogP contribution in [0.4, 0.5) is 0 Å². The molecule has 1 saturated carbocycles. The molecule has 0 saturated heterocycles. The molecule has 0 radical (unpaired) electrons. The van der Waals surface area contributed by atoms with E-state index in [1.807, 2.05) is 11.4 Å². The van der Waals surface area contributed by atoms with Crippen molar-refractivity contribution in [3.05, 3.63) is 21.9 Å². The van der Waals surface area contributed by atoms with Gasteiger partial charge in [0.05, 0.1) is 6.54 Å². The molecular formula is C16H22N2OS. The van der Waals surface area contributed by atoms with Crippen molar-refractivity contribution in [2.75, 3.05) is 6.54 Å². The van der Waals surface area contributed by atoms with Gasteiger partial charge in [-0.15, -0.1) is 11.3 Å². The van der Waals surface area contributed by atoms with Crippen molar-refractivity contribution >= 4 is 17.2 Å². The molecule has 4 heteroatoms. The summed E-state index contributed by atoms with van der Waals surface area (Å²) in [6.07, 6.45) is 3.49. The van der Waals surface area contributed by atoms with Crippen LogP contribution in [0, 0.1) is 23.7 Å². The van der Waals surface area contributed by atoms with Crippen LogP contribution in [0.5, 0.6) is 0 Å². The van der Waals surface area contributed by atoms with Crippen LogP contribution in [0.25, 0.3) is 0 Å². The average Bonchev–Trinajstić information content (AvgIpc) is 3.04. The molecule has 0 bridgehead atoms. The monoisotopic (exact) mass is 290 g/mol. The zero-order valence-electron chi connectivity index (χ0n) is 12.1. The van der Waals surface area contributed by atoms with E-state index in [2.05, 4.69) is 31.0 Å². The lowest BCUT2D eigenvalue weighted by molar-refractivity contribution is 0.0930. The fourth-order valence-corrected chi connectivity index (χ4v) is 3.74. The minimum Gasteiger partial charge on any atom is -0.348 e. The van der Waals surface area contributed by atoms with Crippen molar-refractivity contribution in [2.24, 2.45) is 17.6 Å².